The summed E-state index contributed by atoms with van der Waals surface area (Å²) >= 11 is 0. The summed E-state index contributed by atoms with van der Waals surface area (Å²) in [4.78, 5) is 25.9. The summed E-state index contributed by atoms with van der Waals surface area (Å²) < 4.78 is 0. The van der Waals surface area contributed by atoms with Crippen molar-refractivity contribution >= 4 is 11.9 Å². The molecule has 1 amide bonds. The molecule has 0 unspecified atom stereocenters. The van der Waals surface area contributed by atoms with Crippen molar-refractivity contribution in [3.63, 3.8) is 0 Å². The second kappa shape index (κ2) is 6.31. The van der Waals surface area contributed by atoms with Gasteiger partial charge in [-0.05, 0) is 48.4 Å². The number of fused-ring (bicyclic) bond motifs is 1. The predicted molar refractivity (Wildman–Crippen MR) is 89.2 cm³/mol. The second-order valence-electron chi connectivity index (χ2n) is 6.91. The van der Waals surface area contributed by atoms with E-state index in [2.05, 4.69) is 21.5 Å². The third-order valence-electron chi connectivity index (χ3n) is 5.32. The van der Waals surface area contributed by atoms with Gasteiger partial charge < -0.3 is 10.0 Å². The topological polar surface area (TPSA) is 99.2 Å². The van der Waals surface area contributed by atoms with Gasteiger partial charge in [-0.1, -0.05) is 6.07 Å². The summed E-state index contributed by atoms with van der Waals surface area (Å²) in [6.45, 7) is 0.903. The van der Waals surface area contributed by atoms with Gasteiger partial charge in [0, 0.05) is 24.6 Å². The van der Waals surface area contributed by atoms with E-state index >= 15 is 0 Å². The van der Waals surface area contributed by atoms with Crippen LogP contribution in [0.2, 0.25) is 0 Å². The average molecular weight is 340 g/mol. The normalized spacial score (nSPS) is 22.2. The molecule has 2 aromatic rings. The van der Waals surface area contributed by atoms with Gasteiger partial charge in [-0.2, -0.15) is 15.4 Å². The van der Waals surface area contributed by atoms with Gasteiger partial charge in [0.05, 0.1) is 18.3 Å². The van der Waals surface area contributed by atoms with Crippen molar-refractivity contribution in [3.05, 3.63) is 46.8 Å². The molecule has 0 spiro atoms. The van der Waals surface area contributed by atoms with Crippen LogP contribution in [-0.4, -0.2) is 50.4 Å². The van der Waals surface area contributed by atoms with Gasteiger partial charge in [-0.3, -0.25) is 9.59 Å². The number of rotatable bonds is 4. The molecule has 25 heavy (non-hydrogen) atoms. The number of hydrogen-bond donors (Lipinski definition) is 2. The molecule has 1 saturated heterocycles. The lowest BCUT2D eigenvalue weighted by atomic mass is 9.91. The van der Waals surface area contributed by atoms with Crippen LogP contribution < -0.4 is 0 Å². The zero-order valence-corrected chi connectivity index (χ0v) is 13.8. The molecule has 2 N–H and O–H groups in total. The van der Waals surface area contributed by atoms with E-state index in [9.17, 15) is 14.7 Å². The zero-order chi connectivity index (χ0) is 17.4. The van der Waals surface area contributed by atoms with Gasteiger partial charge in [0.1, 0.15) is 0 Å². The number of aliphatic carboxylic acids is 1. The number of aromatic nitrogens is 3. The Bertz CT molecular complexity index is 803. The number of likely N-dealkylation sites (tertiary alicyclic amines) is 1. The fourth-order valence-corrected chi connectivity index (χ4v) is 4.08. The lowest BCUT2D eigenvalue weighted by Crippen LogP contribution is -2.29. The second-order valence-corrected chi connectivity index (χ2v) is 6.91. The molecular formula is C18H20N4O3. The largest absolute Gasteiger partial charge is 0.481 e. The summed E-state index contributed by atoms with van der Waals surface area (Å²) in [5.74, 6) is -1.14. The Balaban J connectivity index is 1.56. The number of carbonyl (C=O) groups excluding carboxylic acids is 1. The number of aromatic amines is 1. The molecule has 4 rings (SSSR count). The summed E-state index contributed by atoms with van der Waals surface area (Å²) in [6, 6.07) is 5.94. The van der Waals surface area contributed by atoms with Gasteiger partial charge in [0.2, 0.25) is 0 Å². The van der Waals surface area contributed by atoms with Crippen molar-refractivity contribution in [2.45, 2.75) is 31.6 Å². The van der Waals surface area contributed by atoms with E-state index in [0.29, 0.717) is 18.7 Å². The van der Waals surface area contributed by atoms with Crippen LogP contribution in [0.1, 0.15) is 45.9 Å². The number of carboxylic acids is 1. The zero-order valence-electron chi connectivity index (χ0n) is 13.8. The Morgan fingerprint density at radius 1 is 1.24 bits per heavy atom. The molecule has 1 aliphatic heterocycles. The minimum absolute atomic E-state index is 0.0193. The fourth-order valence-electron chi connectivity index (χ4n) is 4.08. The lowest BCUT2D eigenvalue weighted by molar-refractivity contribution is -0.138. The van der Waals surface area contributed by atoms with Gasteiger partial charge in [0.25, 0.3) is 5.91 Å². The van der Waals surface area contributed by atoms with Crippen LogP contribution >= 0.6 is 0 Å². The molecule has 130 valence electrons. The number of amides is 1. The van der Waals surface area contributed by atoms with Crippen LogP contribution in [0.3, 0.4) is 0 Å². The fraction of sp³-hybridized carbons (Fsp3) is 0.444. The van der Waals surface area contributed by atoms with Crippen molar-refractivity contribution < 1.29 is 14.7 Å². The number of H-pyrrole nitrogens is 1. The first-order chi connectivity index (χ1) is 12.1. The standard InChI is InChI=1S/C18H20N4O3/c23-17(24)7-14-9-22(10-15(14)16-8-19-21-20-16)18(25)13-5-4-11-2-1-3-12(11)6-13/h4-6,8,14-15H,1-3,7,9-10H2,(H,23,24)(H,19,20,21)/t14-,15+/m0/s1. The minimum atomic E-state index is -0.856. The molecule has 0 radical (unpaired) electrons. The van der Waals surface area contributed by atoms with Crippen LogP contribution in [0.25, 0.3) is 0 Å². The Hall–Kier alpha value is -2.70. The molecule has 2 heterocycles. The number of aryl methyl sites for hydroxylation is 2. The molecule has 7 nitrogen and oxygen atoms in total. The highest BCUT2D eigenvalue weighted by Crippen LogP contribution is 2.34. The van der Waals surface area contributed by atoms with Crippen molar-refractivity contribution in [1.82, 2.24) is 20.3 Å². The number of nitrogens with zero attached hydrogens (tertiary/aromatic N) is 3. The monoisotopic (exact) mass is 340 g/mol. The van der Waals surface area contributed by atoms with Gasteiger partial charge in [0.15, 0.2) is 0 Å². The maximum Gasteiger partial charge on any atom is 0.303 e. The molecule has 2 atom stereocenters. The number of carboxylic acid groups (broad SMARTS) is 1. The van der Waals surface area contributed by atoms with E-state index in [-0.39, 0.29) is 24.2 Å². The third-order valence-corrected chi connectivity index (χ3v) is 5.32. The Morgan fingerprint density at radius 3 is 2.84 bits per heavy atom. The van der Waals surface area contributed by atoms with Crippen LogP contribution in [0.15, 0.2) is 24.4 Å². The average Bonchev–Trinajstić information content (AvgIpc) is 3.32. The van der Waals surface area contributed by atoms with Crippen molar-refractivity contribution in [1.29, 1.82) is 0 Å². The van der Waals surface area contributed by atoms with Crippen molar-refractivity contribution in [2.24, 2.45) is 5.92 Å². The highest BCUT2D eigenvalue weighted by molar-refractivity contribution is 5.95. The summed E-state index contributed by atoms with van der Waals surface area (Å²) in [5, 5.41) is 19.7. The Kier molecular flexibility index (Phi) is 3.99. The molecule has 1 fully saturated rings. The van der Waals surface area contributed by atoms with Crippen LogP contribution in [-0.2, 0) is 17.6 Å². The van der Waals surface area contributed by atoms with Gasteiger partial charge >= 0.3 is 5.97 Å². The van der Waals surface area contributed by atoms with E-state index in [0.717, 1.165) is 25.0 Å². The number of hydrogen-bond acceptors (Lipinski definition) is 4. The van der Waals surface area contributed by atoms with E-state index in [4.69, 9.17) is 0 Å². The number of benzene rings is 1. The summed E-state index contributed by atoms with van der Waals surface area (Å²) in [6.07, 6.45) is 4.89. The molecule has 7 heteroatoms. The molecule has 0 saturated carbocycles. The quantitative estimate of drug-likeness (QED) is 0.881. The van der Waals surface area contributed by atoms with E-state index < -0.39 is 5.97 Å². The van der Waals surface area contributed by atoms with E-state index in [1.54, 1.807) is 11.1 Å². The minimum Gasteiger partial charge on any atom is -0.481 e. The van der Waals surface area contributed by atoms with E-state index in [1.165, 1.54) is 11.1 Å². The van der Waals surface area contributed by atoms with Gasteiger partial charge in [-0.15, -0.1) is 0 Å². The van der Waals surface area contributed by atoms with Crippen LogP contribution in [0, 0.1) is 5.92 Å². The first-order valence-electron chi connectivity index (χ1n) is 8.60. The smallest absolute Gasteiger partial charge is 0.303 e. The lowest BCUT2D eigenvalue weighted by Gasteiger charge is -2.17. The molecule has 1 aromatic heterocycles. The summed E-state index contributed by atoms with van der Waals surface area (Å²) in [5.41, 5.74) is 4.01. The van der Waals surface area contributed by atoms with Crippen LogP contribution in [0.4, 0.5) is 0 Å². The summed E-state index contributed by atoms with van der Waals surface area (Å²) in [7, 11) is 0. The molecular weight excluding hydrogens is 320 g/mol. The van der Waals surface area contributed by atoms with E-state index in [1.807, 2.05) is 12.1 Å². The molecule has 0 bridgehead atoms. The van der Waals surface area contributed by atoms with Crippen LogP contribution in [0.5, 0.6) is 0 Å². The maximum absolute atomic E-state index is 12.9. The first kappa shape index (κ1) is 15.8. The Labute approximate surface area is 145 Å². The first-order valence-corrected chi connectivity index (χ1v) is 8.60. The molecule has 1 aliphatic carbocycles. The number of carbonyl (C=O) groups is 2. The van der Waals surface area contributed by atoms with Gasteiger partial charge in [-0.25, -0.2) is 0 Å². The number of nitrogens with one attached hydrogen (secondary N) is 1. The molecule has 1 aromatic carbocycles. The maximum atomic E-state index is 12.9. The van der Waals surface area contributed by atoms with Crippen molar-refractivity contribution in [3.8, 4) is 0 Å². The highest BCUT2D eigenvalue weighted by Gasteiger charge is 2.39. The SMILES string of the molecule is O=C(O)C[C@H]1CN(C(=O)c2ccc3c(c2)CCC3)C[C@H]1c1cn[nH]n1. The molecule has 2 aliphatic rings. The van der Waals surface area contributed by atoms with Crippen molar-refractivity contribution in [2.75, 3.05) is 13.1 Å². The Morgan fingerprint density at radius 2 is 2.08 bits per heavy atom. The predicted octanol–water partition coefficient (Wildman–Crippen LogP) is 1.62. The third kappa shape index (κ3) is 3.01. The highest BCUT2D eigenvalue weighted by atomic mass is 16.4.